The zero-order chi connectivity index (χ0) is 25.6. The third kappa shape index (κ3) is 5.31. The second-order valence-electron chi connectivity index (χ2n) is 14.5. The van der Waals surface area contributed by atoms with Crippen LogP contribution in [-0.2, 0) is 37.0 Å². The van der Waals surface area contributed by atoms with Gasteiger partial charge in [-0.1, -0.05) is 123 Å². The molecule has 3 aliphatic rings. The topological polar surface area (TPSA) is 0 Å². The monoisotopic (exact) mass is 625 g/mol. The summed E-state index contributed by atoms with van der Waals surface area (Å²) in [6, 6.07) is 14.8. The first-order chi connectivity index (χ1) is 16.2. The number of rotatable bonds is 2. The van der Waals surface area contributed by atoms with Crippen LogP contribution in [0.3, 0.4) is 0 Å². The largest absolute Gasteiger partial charge is 3.00 e. The molecule has 3 aliphatic carbocycles. The van der Waals surface area contributed by atoms with Crippen molar-refractivity contribution < 1.29 is 51.0 Å². The van der Waals surface area contributed by atoms with Crippen LogP contribution in [0.1, 0.15) is 117 Å². The summed E-state index contributed by atoms with van der Waals surface area (Å²) in [5.41, 5.74) is 14.4. The maximum Gasteiger partial charge on any atom is 3.00 e. The summed E-state index contributed by atoms with van der Waals surface area (Å²) in [7, 11) is 0. The minimum atomic E-state index is 0. The Morgan fingerprint density at radius 3 is 1.63 bits per heavy atom. The van der Waals surface area contributed by atoms with Gasteiger partial charge < -0.3 is 24.8 Å². The maximum atomic E-state index is 2.60. The van der Waals surface area contributed by atoms with Crippen molar-refractivity contribution in [2.75, 3.05) is 0 Å². The summed E-state index contributed by atoms with van der Waals surface area (Å²) in [5, 5.41) is 0. The fourth-order valence-electron chi connectivity index (χ4n) is 6.75. The molecular formula is C35H45Cl2Zr. The molecule has 0 amide bonds. The van der Waals surface area contributed by atoms with E-state index < -0.39 is 0 Å². The molecule has 0 saturated heterocycles. The zero-order valence-corrected chi connectivity index (χ0v) is 29.0. The predicted octanol–water partition coefficient (Wildman–Crippen LogP) is 4.08. The molecule has 0 heterocycles. The number of benzene rings is 2. The van der Waals surface area contributed by atoms with Crippen molar-refractivity contribution in [2.45, 2.75) is 105 Å². The van der Waals surface area contributed by atoms with Crippen LogP contribution in [0.15, 0.2) is 59.2 Å². The van der Waals surface area contributed by atoms with E-state index in [0.717, 1.165) is 12.8 Å². The number of halogens is 2. The van der Waals surface area contributed by atoms with Crippen LogP contribution in [0, 0.1) is 17.3 Å². The van der Waals surface area contributed by atoms with Crippen molar-refractivity contribution in [2.24, 2.45) is 10.8 Å². The van der Waals surface area contributed by atoms with Crippen LogP contribution < -0.4 is 24.8 Å². The first-order valence-electron chi connectivity index (χ1n) is 13.7. The summed E-state index contributed by atoms with van der Waals surface area (Å²) in [6.07, 6.45) is 8.65. The van der Waals surface area contributed by atoms with E-state index in [2.05, 4.69) is 118 Å². The second kappa shape index (κ2) is 10.9. The molecule has 2 aromatic rings. The van der Waals surface area contributed by atoms with E-state index in [1.807, 2.05) is 0 Å². The molecule has 5 rings (SSSR count). The van der Waals surface area contributed by atoms with Gasteiger partial charge in [-0.05, 0) is 56.0 Å². The Hall–Kier alpha value is -0.747. The van der Waals surface area contributed by atoms with Crippen molar-refractivity contribution in [1.82, 2.24) is 0 Å². The number of hydrogen-bond donors (Lipinski definition) is 0. The van der Waals surface area contributed by atoms with Crippen molar-refractivity contribution in [3.8, 4) is 11.1 Å². The summed E-state index contributed by atoms with van der Waals surface area (Å²) in [6.45, 7) is 23.6. The average Bonchev–Trinajstić information content (AvgIpc) is 3.42. The van der Waals surface area contributed by atoms with Gasteiger partial charge in [0.25, 0.3) is 0 Å². The Morgan fingerprint density at radius 1 is 0.763 bits per heavy atom. The van der Waals surface area contributed by atoms with Gasteiger partial charge in [-0.2, -0.15) is 5.57 Å². The van der Waals surface area contributed by atoms with E-state index >= 15 is 0 Å². The minimum Gasteiger partial charge on any atom is -1.00 e. The van der Waals surface area contributed by atoms with E-state index in [9.17, 15) is 0 Å². The fourth-order valence-corrected chi connectivity index (χ4v) is 6.75. The molecule has 1 radical (unpaired) electrons. The van der Waals surface area contributed by atoms with E-state index in [1.165, 1.54) is 28.7 Å². The molecular weight excluding hydrogens is 583 g/mol. The van der Waals surface area contributed by atoms with Gasteiger partial charge >= 0.3 is 26.2 Å². The molecule has 203 valence electrons. The van der Waals surface area contributed by atoms with Crippen molar-refractivity contribution in [3.05, 3.63) is 87.9 Å². The molecule has 2 aromatic carbocycles. The van der Waals surface area contributed by atoms with Gasteiger partial charge in [0.2, 0.25) is 0 Å². The molecule has 1 unspecified atom stereocenters. The summed E-state index contributed by atoms with van der Waals surface area (Å²) in [5.74, 6) is 0.417. The van der Waals surface area contributed by atoms with Gasteiger partial charge in [-0.25, -0.2) is 12.0 Å². The third-order valence-corrected chi connectivity index (χ3v) is 9.19. The van der Waals surface area contributed by atoms with Crippen LogP contribution in [0.4, 0.5) is 0 Å². The molecule has 0 aromatic heterocycles. The van der Waals surface area contributed by atoms with Crippen LogP contribution in [0.5, 0.6) is 0 Å². The summed E-state index contributed by atoms with van der Waals surface area (Å²) < 4.78 is 0. The Balaban J connectivity index is 0.00000169. The normalized spacial score (nSPS) is 20.4. The number of fused-ring (bicyclic) bond motifs is 3. The molecule has 0 spiro atoms. The van der Waals surface area contributed by atoms with Crippen LogP contribution in [-0.4, -0.2) is 0 Å². The summed E-state index contributed by atoms with van der Waals surface area (Å²) in [4.78, 5) is 0. The first-order valence-corrected chi connectivity index (χ1v) is 13.7. The van der Waals surface area contributed by atoms with Crippen LogP contribution in [0.2, 0.25) is 0 Å². The number of allylic oxidation sites excluding steroid dienone is 4. The third-order valence-electron chi connectivity index (χ3n) is 9.19. The van der Waals surface area contributed by atoms with Crippen molar-refractivity contribution in [1.29, 1.82) is 0 Å². The first kappa shape index (κ1) is 33.5. The molecule has 0 aliphatic heterocycles. The molecule has 0 N–H and O–H groups in total. The quantitative estimate of drug-likeness (QED) is 0.441. The molecule has 0 bridgehead atoms. The van der Waals surface area contributed by atoms with Gasteiger partial charge in [0.15, 0.2) is 0 Å². The minimum absolute atomic E-state index is 0. The smallest absolute Gasteiger partial charge is 1.00 e. The SMILES string of the molecule is CCC1(C2c3ccc(C(C)(C)C)cc3-c3cc(C(C)(C)C)ccc32)C[CH-]C2=C1C=C(C(C)(C)C)C2.[Cl-].[Cl-].[Zr+3]. The van der Waals surface area contributed by atoms with Crippen molar-refractivity contribution in [3.63, 3.8) is 0 Å². The molecule has 0 nitrogen and oxygen atoms in total. The Morgan fingerprint density at radius 2 is 1.24 bits per heavy atom. The average molecular weight is 628 g/mol. The van der Waals surface area contributed by atoms with E-state index in [0.29, 0.717) is 5.92 Å². The predicted molar refractivity (Wildman–Crippen MR) is 152 cm³/mol. The molecule has 0 saturated carbocycles. The Labute approximate surface area is 264 Å². The fraction of sp³-hybridized carbons (Fsp3) is 0.514. The van der Waals surface area contributed by atoms with E-state index in [1.54, 1.807) is 27.8 Å². The van der Waals surface area contributed by atoms with Gasteiger partial charge in [-0.15, -0.1) is 12.5 Å². The van der Waals surface area contributed by atoms with E-state index in [-0.39, 0.29) is 72.7 Å². The van der Waals surface area contributed by atoms with Gasteiger partial charge in [0.1, 0.15) is 0 Å². The van der Waals surface area contributed by atoms with Gasteiger partial charge in [0, 0.05) is 5.92 Å². The van der Waals surface area contributed by atoms with Gasteiger partial charge in [0.05, 0.1) is 0 Å². The van der Waals surface area contributed by atoms with Gasteiger partial charge in [-0.3, -0.25) is 0 Å². The Kier molecular flexibility index (Phi) is 9.61. The standard InChI is InChI=1S/C35H45.2ClH.Zr/c1-11-35(17-16-22-18-25(21-30(22)35)34(8,9)10)31-26-14-12-23(32(2,3)4)19-28(26)29-20-24(33(5,6)7)13-15-27(29)31;;;/h12-16,19-21,31H,11,17-18H2,1-10H3;2*1H;/q-1;;;+3/p-2. The molecule has 3 heteroatoms. The van der Waals surface area contributed by atoms with Crippen LogP contribution >= 0.6 is 0 Å². The van der Waals surface area contributed by atoms with Crippen LogP contribution in [0.25, 0.3) is 11.1 Å². The molecule has 38 heavy (non-hydrogen) atoms. The summed E-state index contributed by atoms with van der Waals surface area (Å²) >= 11 is 0. The molecule has 1 atom stereocenters. The van der Waals surface area contributed by atoms with E-state index in [4.69, 9.17) is 0 Å². The number of hydrogen-bond acceptors (Lipinski definition) is 0. The second-order valence-corrected chi connectivity index (χ2v) is 14.5. The zero-order valence-electron chi connectivity index (χ0n) is 25.1. The maximum absolute atomic E-state index is 2.60. The Bertz CT molecular complexity index is 1200. The molecule has 0 fully saturated rings. The van der Waals surface area contributed by atoms with Crippen molar-refractivity contribution >= 4 is 0 Å².